The van der Waals surface area contributed by atoms with E-state index in [1.54, 1.807) is 0 Å². The summed E-state index contributed by atoms with van der Waals surface area (Å²) in [5.74, 6) is 1.16. The molecule has 3 rings (SSSR count). The van der Waals surface area contributed by atoms with E-state index in [0.717, 1.165) is 36.0 Å². The van der Waals surface area contributed by atoms with E-state index in [4.69, 9.17) is 5.26 Å². The zero-order valence-electron chi connectivity index (χ0n) is 15.5. The average Bonchev–Trinajstić information content (AvgIpc) is 2.69. The molecule has 4 nitrogen and oxygen atoms in total. The van der Waals surface area contributed by atoms with Gasteiger partial charge in [0.1, 0.15) is 0 Å². The molecule has 0 saturated carbocycles. The van der Waals surface area contributed by atoms with E-state index in [1.165, 1.54) is 35.1 Å². The normalized spacial score (nSPS) is 19.2. The van der Waals surface area contributed by atoms with Gasteiger partial charge in [0.25, 0.3) is 5.91 Å². The van der Waals surface area contributed by atoms with Crippen LogP contribution in [0.3, 0.4) is 0 Å². The Morgan fingerprint density at radius 1 is 1.11 bits per heavy atom. The second-order valence-corrected chi connectivity index (χ2v) is 8.07. The largest absolute Gasteiger partial charge is 0.327 e. The van der Waals surface area contributed by atoms with Crippen LogP contribution in [0.1, 0.15) is 18.4 Å². The quantitative estimate of drug-likeness (QED) is 0.726. The maximum atomic E-state index is 12.5. The zero-order valence-corrected chi connectivity index (χ0v) is 16.3. The SMILES string of the molecule is N#CCSc1ccccc1NC(=O)C[NH+]1CCC(Cc2ccccc2)CC1. The van der Waals surface area contributed by atoms with Crippen LogP contribution in [0.5, 0.6) is 0 Å². The first-order valence-corrected chi connectivity index (χ1v) is 10.5. The summed E-state index contributed by atoms with van der Waals surface area (Å²) in [6, 6.07) is 20.5. The Hall–Kier alpha value is -2.29. The monoisotopic (exact) mass is 380 g/mol. The standard InChI is InChI=1S/C22H25N3OS/c23-12-15-27-21-9-5-4-8-20(21)24-22(26)17-25-13-10-19(11-14-25)16-18-6-2-1-3-7-18/h1-9,19H,10-11,13-17H2,(H,24,26)/p+1. The van der Waals surface area contributed by atoms with Crippen molar-refractivity contribution < 1.29 is 9.69 Å². The van der Waals surface area contributed by atoms with E-state index < -0.39 is 0 Å². The number of quaternary nitrogens is 1. The molecule has 0 atom stereocenters. The highest BCUT2D eigenvalue weighted by Gasteiger charge is 2.24. The molecule has 0 unspecified atom stereocenters. The third-order valence-electron chi connectivity index (χ3n) is 5.04. The molecule has 2 N–H and O–H groups in total. The second kappa shape index (κ2) is 10.1. The number of carbonyl (C=O) groups is 1. The van der Waals surface area contributed by atoms with Crippen LogP contribution >= 0.6 is 11.8 Å². The molecule has 1 amide bonds. The first-order chi connectivity index (χ1) is 13.2. The van der Waals surface area contributed by atoms with Crippen LogP contribution in [-0.2, 0) is 11.2 Å². The molecular weight excluding hydrogens is 354 g/mol. The van der Waals surface area contributed by atoms with Gasteiger partial charge in [-0.15, -0.1) is 11.8 Å². The lowest BCUT2D eigenvalue weighted by Crippen LogP contribution is -3.14. The Morgan fingerprint density at radius 3 is 2.56 bits per heavy atom. The molecule has 1 aliphatic heterocycles. The number of nitrogens with one attached hydrogen (secondary N) is 2. The van der Waals surface area contributed by atoms with Crippen molar-refractivity contribution in [1.29, 1.82) is 5.26 Å². The Labute approximate surface area is 165 Å². The first kappa shape index (κ1) is 19.5. The van der Waals surface area contributed by atoms with Gasteiger partial charge in [0.2, 0.25) is 0 Å². The fraction of sp³-hybridized carbons (Fsp3) is 0.364. The number of likely N-dealkylation sites (tertiary alicyclic amines) is 1. The molecule has 0 aromatic heterocycles. The van der Waals surface area contributed by atoms with Gasteiger partial charge >= 0.3 is 0 Å². The fourth-order valence-corrected chi connectivity index (χ4v) is 4.31. The Balaban J connectivity index is 1.45. The summed E-state index contributed by atoms with van der Waals surface area (Å²) < 4.78 is 0. The van der Waals surface area contributed by atoms with Gasteiger partial charge in [-0.25, -0.2) is 0 Å². The van der Waals surface area contributed by atoms with Gasteiger partial charge in [-0.3, -0.25) is 4.79 Å². The molecule has 2 aromatic rings. The lowest BCUT2D eigenvalue weighted by molar-refractivity contribution is -0.898. The molecule has 5 heteroatoms. The highest BCUT2D eigenvalue weighted by Crippen LogP contribution is 2.26. The molecule has 27 heavy (non-hydrogen) atoms. The van der Waals surface area contributed by atoms with Crippen molar-refractivity contribution in [3.05, 3.63) is 60.2 Å². The Bertz CT molecular complexity index is 780. The minimum Gasteiger partial charge on any atom is -0.327 e. The maximum absolute atomic E-state index is 12.5. The highest BCUT2D eigenvalue weighted by molar-refractivity contribution is 7.99. The van der Waals surface area contributed by atoms with Crippen LogP contribution in [0, 0.1) is 17.2 Å². The zero-order chi connectivity index (χ0) is 18.9. The number of piperidine rings is 1. The summed E-state index contributed by atoms with van der Waals surface area (Å²) in [6.45, 7) is 2.61. The fourth-order valence-electron chi connectivity index (χ4n) is 3.64. The number of nitrogens with zero attached hydrogens (tertiary/aromatic N) is 1. The number of anilines is 1. The molecule has 0 spiro atoms. The van der Waals surface area contributed by atoms with Crippen molar-refractivity contribution in [2.45, 2.75) is 24.2 Å². The molecular formula is C22H26N3OS+. The van der Waals surface area contributed by atoms with Crippen molar-refractivity contribution in [2.24, 2.45) is 5.92 Å². The average molecular weight is 381 g/mol. The van der Waals surface area contributed by atoms with Crippen LogP contribution in [0.25, 0.3) is 0 Å². The third kappa shape index (κ3) is 6.13. The van der Waals surface area contributed by atoms with Crippen molar-refractivity contribution in [3.63, 3.8) is 0 Å². The van der Waals surface area contributed by atoms with E-state index in [1.807, 2.05) is 24.3 Å². The second-order valence-electron chi connectivity index (χ2n) is 7.05. The van der Waals surface area contributed by atoms with Gasteiger partial charge in [-0.05, 0) is 42.9 Å². The summed E-state index contributed by atoms with van der Waals surface area (Å²) in [5.41, 5.74) is 2.22. The van der Waals surface area contributed by atoms with Crippen molar-refractivity contribution >= 4 is 23.4 Å². The van der Waals surface area contributed by atoms with Gasteiger partial charge in [-0.1, -0.05) is 42.5 Å². The maximum Gasteiger partial charge on any atom is 0.279 e. The predicted molar refractivity (Wildman–Crippen MR) is 110 cm³/mol. The first-order valence-electron chi connectivity index (χ1n) is 9.50. The molecule has 1 saturated heterocycles. The van der Waals surface area contributed by atoms with Gasteiger partial charge in [-0.2, -0.15) is 5.26 Å². The van der Waals surface area contributed by atoms with Crippen LogP contribution in [0.4, 0.5) is 5.69 Å². The number of benzene rings is 2. The lowest BCUT2D eigenvalue weighted by Gasteiger charge is -2.29. The van der Waals surface area contributed by atoms with E-state index >= 15 is 0 Å². The summed E-state index contributed by atoms with van der Waals surface area (Å²) in [6.07, 6.45) is 3.49. The number of hydrogen-bond acceptors (Lipinski definition) is 3. The highest BCUT2D eigenvalue weighted by atomic mass is 32.2. The number of hydrogen-bond donors (Lipinski definition) is 2. The van der Waals surface area contributed by atoms with Crippen LogP contribution in [0.15, 0.2) is 59.5 Å². The molecule has 0 bridgehead atoms. The topological polar surface area (TPSA) is 57.3 Å². The lowest BCUT2D eigenvalue weighted by atomic mass is 9.90. The number of amides is 1. The number of para-hydroxylation sites is 1. The number of carbonyl (C=O) groups excluding carboxylic acids is 1. The van der Waals surface area contributed by atoms with Gasteiger partial charge in [0.05, 0.1) is 30.6 Å². The van der Waals surface area contributed by atoms with Crippen LogP contribution < -0.4 is 10.2 Å². The number of nitriles is 1. The summed E-state index contributed by atoms with van der Waals surface area (Å²) in [4.78, 5) is 14.8. The van der Waals surface area contributed by atoms with E-state index in [-0.39, 0.29) is 5.91 Å². The molecule has 140 valence electrons. The number of thioether (sulfide) groups is 1. The molecule has 0 radical (unpaired) electrons. The van der Waals surface area contributed by atoms with E-state index in [9.17, 15) is 4.79 Å². The van der Waals surface area contributed by atoms with E-state index in [2.05, 4.69) is 41.7 Å². The summed E-state index contributed by atoms with van der Waals surface area (Å²) in [7, 11) is 0. The molecule has 2 aromatic carbocycles. The molecule has 1 aliphatic rings. The minimum atomic E-state index is 0.0523. The van der Waals surface area contributed by atoms with Crippen molar-refractivity contribution in [1.82, 2.24) is 0 Å². The Kier molecular flexibility index (Phi) is 7.32. The van der Waals surface area contributed by atoms with Gasteiger partial charge in [0.15, 0.2) is 6.54 Å². The minimum absolute atomic E-state index is 0.0523. The van der Waals surface area contributed by atoms with Crippen molar-refractivity contribution in [2.75, 3.05) is 30.7 Å². The number of rotatable bonds is 7. The van der Waals surface area contributed by atoms with Crippen LogP contribution in [0.2, 0.25) is 0 Å². The summed E-state index contributed by atoms with van der Waals surface area (Å²) >= 11 is 1.45. The Morgan fingerprint density at radius 2 is 1.81 bits per heavy atom. The predicted octanol–water partition coefficient (Wildman–Crippen LogP) is 2.78. The van der Waals surface area contributed by atoms with Gasteiger partial charge < -0.3 is 10.2 Å². The smallest absolute Gasteiger partial charge is 0.279 e. The van der Waals surface area contributed by atoms with Crippen molar-refractivity contribution in [3.8, 4) is 6.07 Å². The molecule has 1 heterocycles. The molecule has 1 fully saturated rings. The van der Waals surface area contributed by atoms with Crippen LogP contribution in [-0.4, -0.2) is 31.3 Å². The van der Waals surface area contributed by atoms with E-state index in [0.29, 0.717) is 12.3 Å². The van der Waals surface area contributed by atoms with Gasteiger partial charge in [0, 0.05) is 4.90 Å². The third-order valence-corrected chi connectivity index (χ3v) is 5.98. The summed E-state index contributed by atoms with van der Waals surface area (Å²) in [5, 5.41) is 11.8. The molecule has 0 aliphatic carbocycles.